The van der Waals surface area contributed by atoms with E-state index in [0.29, 0.717) is 64.1 Å². The van der Waals surface area contributed by atoms with E-state index in [1.807, 2.05) is 6.07 Å². The van der Waals surface area contributed by atoms with Crippen molar-refractivity contribution in [2.75, 3.05) is 13.2 Å². The molecule has 0 aliphatic carbocycles. The second-order valence-corrected chi connectivity index (χ2v) is 10.2. The van der Waals surface area contributed by atoms with Crippen molar-refractivity contribution in [3.05, 3.63) is 80.1 Å². The molecule has 192 valence electrons. The molecule has 1 aliphatic rings. The van der Waals surface area contributed by atoms with Crippen LogP contribution >= 0.6 is 23.4 Å². The highest BCUT2D eigenvalue weighted by Gasteiger charge is 2.17. The standard InChI is InChI=1S/C26H26ClN5O4S/c27-17-9-10-22-29-18(13-24(34)32(22)15-17)16-37-26-30-21-7-2-1-6-20(21)25(35)31(26)11-3-8-23(33)28-14-19-5-4-12-36-19/h1-2,6-7,9-10,13,15,19H,3-5,8,11-12,14,16H2,(H,28,33)/t19-/m1/s1. The predicted octanol–water partition coefficient (Wildman–Crippen LogP) is 3.43. The minimum absolute atomic E-state index is 0.0626. The van der Waals surface area contributed by atoms with Gasteiger partial charge < -0.3 is 10.1 Å². The maximum Gasteiger partial charge on any atom is 0.262 e. The van der Waals surface area contributed by atoms with E-state index in [1.54, 1.807) is 34.9 Å². The average molecular weight is 540 g/mol. The molecule has 11 heteroatoms. The summed E-state index contributed by atoms with van der Waals surface area (Å²) >= 11 is 7.33. The normalized spacial score (nSPS) is 15.4. The smallest absolute Gasteiger partial charge is 0.262 e. The fourth-order valence-electron chi connectivity index (χ4n) is 4.31. The molecule has 0 saturated carbocycles. The lowest BCUT2D eigenvalue weighted by Crippen LogP contribution is -2.32. The quantitative estimate of drug-likeness (QED) is 0.256. The lowest BCUT2D eigenvalue weighted by molar-refractivity contribution is -0.121. The SMILES string of the molecule is O=C(CCCn1c(SCc2cc(=O)n3cc(Cl)ccc3n2)nc2ccccc2c1=O)NC[C@H]1CCCO1. The van der Waals surface area contributed by atoms with Crippen molar-refractivity contribution in [1.29, 1.82) is 0 Å². The fourth-order valence-corrected chi connectivity index (χ4v) is 5.39. The number of fused-ring (bicyclic) bond motifs is 2. The molecule has 9 nitrogen and oxygen atoms in total. The molecule has 0 bridgehead atoms. The Hall–Kier alpha value is -3.21. The average Bonchev–Trinajstić information content (AvgIpc) is 3.42. The van der Waals surface area contributed by atoms with Gasteiger partial charge in [-0.15, -0.1) is 0 Å². The number of carbonyl (C=O) groups is 1. The molecule has 1 fully saturated rings. The lowest BCUT2D eigenvalue weighted by atomic mass is 10.2. The number of carbonyl (C=O) groups excluding carboxylic acids is 1. The zero-order chi connectivity index (χ0) is 25.8. The van der Waals surface area contributed by atoms with Gasteiger partial charge in [0, 0.05) is 44.1 Å². The Labute approximate surface area is 221 Å². The first-order chi connectivity index (χ1) is 18.0. The fraction of sp³-hybridized carbons (Fsp3) is 0.346. The molecule has 1 atom stereocenters. The maximum absolute atomic E-state index is 13.3. The van der Waals surface area contributed by atoms with Crippen LogP contribution in [0, 0.1) is 0 Å². The van der Waals surface area contributed by atoms with E-state index in [2.05, 4.69) is 10.3 Å². The minimum atomic E-state index is -0.235. The van der Waals surface area contributed by atoms with Gasteiger partial charge in [0.2, 0.25) is 5.91 Å². The molecule has 3 aromatic heterocycles. The van der Waals surface area contributed by atoms with Gasteiger partial charge in [-0.2, -0.15) is 0 Å². The molecular formula is C26H26ClN5O4S. The molecular weight excluding hydrogens is 514 g/mol. The number of hydrogen-bond donors (Lipinski definition) is 1. The van der Waals surface area contributed by atoms with E-state index in [9.17, 15) is 14.4 Å². The largest absolute Gasteiger partial charge is 0.376 e. The summed E-state index contributed by atoms with van der Waals surface area (Å²) in [6.07, 6.45) is 4.39. The van der Waals surface area contributed by atoms with E-state index in [0.717, 1.165) is 19.4 Å². The van der Waals surface area contributed by atoms with Gasteiger partial charge in [-0.05, 0) is 43.5 Å². The Morgan fingerprint density at radius 2 is 2.05 bits per heavy atom. The van der Waals surface area contributed by atoms with Gasteiger partial charge >= 0.3 is 0 Å². The Bertz CT molecular complexity index is 1560. The molecule has 4 aromatic rings. The van der Waals surface area contributed by atoms with E-state index >= 15 is 0 Å². The number of benzene rings is 1. The number of pyridine rings is 1. The Balaban J connectivity index is 1.32. The van der Waals surface area contributed by atoms with Crippen LogP contribution in [-0.2, 0) is 21.8 Å². The topological polar surface area (TPSA) is 108 Å². The van der Waals surface area contributed by atoms with Crippen LogP contribution in [0.25, 0.3) is 16.6 Å². The van der Waals surface area contributed by atoms with Gasteiger partial charge in [-0.25, -0.2) is 9.97 Å². The number of amides is 1. The molecule has 1 N–H and O–H groups in total. The summed E-state index contributed by atoms with van der Waals surface area (Å²) < 4.78 is 8.54. The van der Waals surface area contributed by atoms with Crippen molar-refractivity contribution in [2.24, 2.45) is 0 Å². The second kappa shape index (κ2) is 11.5. The monoisotopic (exact) mass is 539 g/mol. The highest BCUT2D eigenvalue weighted by molar-refractivity contribution is 7.98. The number of para-hydroxylation sites is 1. The Morgan fingerprint density at radius 1 is 1.19 bits per heavy atom. The van der Waals surface area contributed by atoms with Crippen LogP contribution in [0.2, 0.25) is 5.02 Å². The third-order valence-electron chi connectivity index (χ3n) is 6.19. The van der Waals surface area contributed by atoms with Crippen molar-refractivity contribution in [2.45, 2.75) is 49.2 Å². The molecule has 1 aromatic carbocycles. The first-order valence-corrected chi connectivity index (χ1v) is 13.5. The maximum atomic E-state index is 13.3. The number of thioether (sulfide) groups is 1. The van der Waals surface area contributed by atoms with E-state index < -0.39 is 0 Å². The van der Waals surface area contributed by atoms with Gasteiger partial charge in [0.1, 0.15) is 5.65 Å². The Kier molecular flexibility index (Phi) is 7.87. The van der Waals surface area contributed by atoms with Crippen molar-refractivity contribution in [3.8, 4) is 0 Å². The highest BCUT2D eigenvalue weighted by Crippen LogP contribution is 2.22. The summed E-state index contributed by atoms with van der Waals surface area (Å²) in [6, 6.07) is 12.0. The van der Waals surface area contributed by atoms with Crippen LogP contribution in [0.3, 0.4) is 0 Å². The van der Waals surface area contributed by atoms with Crippen molar-refractivity contribution in [1.82, 2.24) is 24.3 Å². The number of nitrogens with zero attached hydrogens (tertiary/aromatic N) is 4. The zero-order valence-electron chi connectivity index (χ0n) is 20.1. The van der Waals surface area contributed by atoms with Crippen LogP contribution < -0.4 is 16.4 Å². The second-order valence-electron chi connectivity index (χ2n) is 8.86. The lowest BCUT2D eigenvalue weighted by Gasteiger charge is -2.14. The van der Waals surface area contributed by atoms with Gasteiger partial charge in [-0.3, -0.25) is 23.4 Å². The van der Waals surface area contributed by atoms with E-state index in [4.69, 9.17) is 21.3 Å². The molecule has 1 saturated heterocycles. The number of aromatic nitrogens is 4. The summed E-state index contributed by atoms with van der Waals surface area (Å²) in [5.41, 5.74) is 1.27. The van der Waals surface area contributed by atoms with Crippen LogP contribution in [0.4, 0.5) is 0 Å². The van der Waals surface area contributed by atoms with E-state index in [-0.39, 0.29) is 23.1 Å². The molecule has 5 rings (SSSR count). The number of hydrogen-bond acceptors (Lipinski definition) is 7. The first kappa shape index (κ1) is 25.4. The molecule has 0 radical (unpaired) electrons. The molecule has 1 aliphatic heterocycles. The van der Waals surface area contributed by atoms with Gasteiger partial charge in [-0.1, -0.05) is 35.5 Å². The molecule has 1 amide bonds. The summed E-state index contributed by atoms with van der Waals surface area (Å²) in [5.74, 6) is 0.286. The summed E-state index contributed by atoms with van der Waals surface area (Å²) in [5, 5.41) is 4.40. The van der Waals surface area contributed by atoms with Gasteiger partial charge in [0.05, 0.1) is 27.7 Å². The molecule has 0 unspecified atom stereocenters. The Morgan fingerprint density at radius 3 is 2.89 bits per heavy atom. The van der Waals surface area contributed by atoms with Gasteiger partial charge in [0.15, 0.2) is 5.16 Å². The van der Waals surface area contributed by atoms with Crippen molar-refractivity contribution >= 4 is 45.8 Å². The molecule has 4 heterocycles. The third-order valence-corrected chi connectivity index (χ3v) is 7.42. The van der Waals surface area contributed by atoms with Crippen LogP contribution in [0.1, 0.15) is 31.4 Å². The summed E-state index contributed by atoms with van der Waals surface area (Å²) in [4.78, 5) is 47.4. The third kappa shape index (κ3) is 6.03. The minimum Gasteiger partial charge on any atom is -0.376 e. The first-order valence-electron chi connectivity index (χ1n) is 12.2. The zero-order valence-corrected chi connectivity index (χ0v) is 21.6. The number of nitrogens with one attached hydrogen (secondary N) is 1. The van der Waals surface area contributed by atoms with Crippen molar-refractivity contribution < 1.29 is 9.53 Å². The number of ether oxygens (including phenoxy) is 1. The highest BCUT2D eigenvalue weighted by atomic mass is 35.5. The van der Waals surface area contributed by atoms with Crippen LogP contribution in [-0.4, -0.2) is 44.1 Å². The predicted molar refractivity (Wildman–Crippen MR) is 143 cm³/mol. The molecule has 37 heavy (non-hydrogen) atoms. The van der Waals surface area contributed by atoms with Gasteiger partial charge in [0.25, 0.3) is 11.1 Å². The van der Waals surface area contributed by atoms with Crippen LogP contribution in [0.5, 0.6) is 0 Å². The van der Waals surface area contributed by atoms with E-state index in [1.165, 1.54) is 28.4 Å². The number of rotatable bonds is 9. The number of halogens is 1. The summed E-state index contributed by atoms with van der Waals surface area (Å²) in [6.45, 7) is 1.61. The van der Waals surface area contributed by atoms with Crippen LogP contribution in [0.15, 0.2) is 63.4 Å². The molecule has 0 spiro atoms. The summed E-state index contributed by atoms with van der Waals surface area (Å²) in [7, 11) is 0. The van der Waals surface area contributed by atoms with Crippen molar-refractivity contribution in [3.63, 3.8) is 0 Å².